The number of aromatic nitrogens is 2. The van der Waals surface area contributed by atoms with Crippen molar-refractivity contribution in [3.8, 4) is 0 Å². The lowest BCUT2D eigenvalue weighted by Gasteiger charge is -2.22. The largest absolute Gasteiger partial charge is 0.369 e. The highest BCUT2D eigenvalue weighted by Gasteiger charge is 2.16. The van der Waals surface area contributed by atoms with Gasteiger partial charge in [-0.25, -0.2) is 0 Å². The topological polar surface area (TPSA) is 64.2 Å². The van der Waals surface area contributed by atoms with Crippen molar-refractivity contribution >= 4 is 21.8 Å². The predicted molar refractivity (Wildman–Crippen MR) is 75.0 cm³/mol. The predicted octanol–water partition coefficient (Wildman–Crippen LogP) is 1.43. The molecule has 1 rings (SSSR count). The normalized spacial score (nSPS) is 11.5. The number of carbonyl (C=O) groups is 1. The van der Waals surface area contributed by atoms with Gasteiger partial charge in [-0.1, -0.05) is 13.8 Å². The number of hydrogen-bond donors (Lipinski definition) is 1. The van der Waals surface area contributed by atoms with E-state index in [1.165, 1.54) is 0 Å². The molecule has 1 amide bonds. The average Bonchev–Trinajstić information content (AvgIpc) is 2.43. The van der Waals surface area contributed by atoms with Gasteiger partial charge in [0.25, 0.3) is 0 Å². The van der Waals surface area contributed by atoms with Crippen LogP contribution < -0.4 is 5.73 Å². The van der Waals surface area contributed by atoms with Gasteiger partial charge in [-0.05, 0) is 28.8 Å². The molecule has 1 heterocycles. The fraction of sp³-hybridized carbons (Fsp3) is 0.667. The molecule has 0 radical (unpaired) electrons. The van der Waals surface area contributed by atoms with Crippen molar-refractivity contribution in [2.45, 2.75) is 27.3 Å². The minimum absolute atomic E-state index is 0.273. The number of aryl methyl sites for hydroxylation is 2. The van der Waals surface area contributed by atoms with Crippen molar-refractivity contribution in [3.63, 3.8) is 0 Å². The highest BCUT2D eigenvalue weighted by atomic mass is 79.9. The molecule has 0 saturated heterocycles. The maximum absolute atomic E-state index is 11.1. The van der Waals surface area contributed by atoms with E-state index in [2.05, 4.69) is 34.9 Å². The summed E-state index contributed by atoms with van der Waals surface area (Å²) in [6.45, 7) is 7.97. The first kappa shape index (κ1) is 15.2. The molecule has 5 nitrogen and oxygen atoms in total. The molecule has 0 spiro atoms. The van der Waals surface area contributed by atoms with Gasteiger partial charge in [0.2, 0.25) is 5.91 Å². The second kappa shape index (κ2) is 6.33. The van der Waals surface area contributed by atoms with Crippen LogP contribution in [0.1, 0.15) is 25.2 Å². The van der Waals surface area contributed by atoms with Crippen LogP contribution in [0.2, 0.25) is 0 Å². The summed E-state index contributed by atoms with van der Waals surface area (Å²) in [4.78, 5) is 13.2. The molecule has 18 heavy (non-hydrogen) atoms. The van der Waals surface area contributed by atoms with E-state index in [0.717, 1.165) is 22.4 Å². The number of nitrogens with two attached hydrogens (primary N) is 1. The number of amides is 1. The van der Waals surface area contributed by atoms with Crippen LogP contribution in [0.5, 0.6) is 0 Å². The third-order valence-corrected chi connectivity index (χ3v) is 3.67. The van der Waals surface area contributed by atoms with Crippen LogP contribution in [0.3, 0.4) is 0 Å². The average molecular weight is 317 g/mol. The van der Waals surface area contributed by atoms with Gasteiger partial charge in [0.05, 0.1) is 22.4 Å². The van der Waals surface area contributed by atoms with Gasteiger partial charge in [-0.2, -0.15) is 5.10 Å². The smallest absolute Gasteiger partial charge is 0.231 e. The zero-order valence-electron chi connectivity index (χ0n) is 11.4. The zero-order chi connectivity index (χ0) is 13.9. The second-order valence-corrected chi connectivity index (χ2v) is 5.79. The maximum atomic E-state index is 11.1. The molecule has 6 heteroatoms. The lowest BCUT2D eigenvalue weighted by Crippen LogP contribution is -2.36. The Balaban J connectivity index is 2.84. The highest BCUT2D eigenvalue weighted by Crippen LogP contribution is 2.21. The molecule has 0 bridgehead atoms. The van der Waals surface area contributed by atoms with Crippen LogP contribution in [0, 0.1) is 12.8 Å². The molecule has 1 aromatic heterocycles. The van der Waals surface area contributed by atoms with Gasteiger partial charge in [-0.3, -0.25) is 14.4 Å². The van der Waals surface area contributed by atoms with Crippen molar-refractivity contribution in [1.82, 2.24) is 14.7 Å². The van der Waals surface area contributed by atoms with E-state index in [0.29, 0.717) is 12.5 Å². The Morgan fingerprint density at radius 1 is 1.56 bits per heavy atom. The minimum atomic E-state index is -0.300. The molecule has 0 aliphatic carbocycles. The summed E-state index contributed by atoms with van der Waals surface area (Å²) >= 11 is 3.54. The summed E-state index contributed by atoms with van der Waals surface area (Å²) < 4.78 is 2.84. The molecule has 102 valence electrons. The summed E-state index contributed by atoms with van der Waals surface area (Å²) in [5.41, 5.74) is 7.31. The maximum Gasteiger partial charge on any atom is 0.231 e. The molecule has 0 fully saturated rings. The SMILES string of the molecule is Cc1nn(C)c(CN(CC(N)=O)CC(C)C)c1Br. The summed E-state index contributed by atoms with van der Waals surface area (Å²) in [5.74, 6) is 0.183. The number of rotatable bonds is 6. The number of halogens is 1. The van der Waals surface area contributed by atoms with E-state index >= 15 is 0 Å². The molecule has 0 unspecified atom stereocenters. The fourth-order valence-electron chi connectivity index (χ4n) is 1.99. The number of nitrogens with zero attached hydrogens (tertiary/aromatic N) is 3. The standard InChI is InChI=1S/C12H21BrN4O/c1-8(2)5-17(7-11(14)18)6-10-12(13)9(3)15-16(10)4/h8H,5-7H2,1-4H3,(H2,14,18). The molecule has 1 aromatic rings. The Hall–Kier alpha value is -0.880. The van der Waals surface area contributed by atoms with Gasteiger partial charge in [0, 0.05) is 20.1 Å². The molecule has 0 saturated carbocycles. The number of hydrogen-bond acceptors (Lipinski definition) is 3. The van der Waals surface area contributed by atoms with Gasteiger partial charge in [-0.15, -0.1) is 0 Å². The Kier molecular flexibility index (Phi) is 5.34. The molecule has 0 aliphatic heterocycles. The Labute approximate surface area is 116 Å². The van der Waals surface area contributed by atoms with Crippen molar-refractivity contribution in [2.75, 3.05) is 13.1 Å². The molecular weight excluding hydrogens is 296 g/mol. The van der Waals surface area contributed by atoms with Crippen LogP contribution in [0.4, 0.5) is 0 Å². The quantitative estimate of drug-likeness (QED) is 0.863. The van der Waals surface area contributed by atoms with E-state index in [1.807, 2.05) is 23.6 Å². The van der Waals surface area contributed by atoms with Gasteiger partial charge in [0.15, 0.2) is 0 Å². The monoisotopic (exact) mass is 316 g/mol. The first-order chi connectivity index (χ1) is 8.31. The Morgan fingerprint density at radius 3 is 2.56 bits per heavy atom. The number of primary amides is 1. The Bertz CT molecular complexity index is 428. The van der Waals surface area contributed by atoms with Crippen LogP contribution in [0.25, 0.3) is 0 Å². The van der Waals surface area contributed by atoms with Crippen LogP contribution in [0.15, 0.2) is 4.47 Å². The fourth-order valence-corrected chi connectivity index (χ4v) is 2.45. The molecule has 2 N–H and O–H groups in total. The molecular formula is C12H21BrN4O. The first-order valence-electron chi connectivity index (χ1n) is 5.99. The van der Waals surface area contributed by atoms with Crippen molar-refractivity contribution < 1.29 is 4.79 Å². The summed E-state index contributed by atoms with van der Waals surface area (Å²) in [6.07, 6.45) is 0. The van der Waals surface area contributed by atoms with Crippen LogP contribution >= 0.6 is 15.9 Å². The second-order valence-electron chi connectivity index (χ2n) is 5.00. The summed E-state index contributed by atoms with van der Waals surface area (Å²) in [5, 5.41) is 4.35. The Morgan fingerprint density at radius 2 is 2.17 bits per heavy atom. The zero-order valence-corrected chi connectivity index (χ0v) is 13.0. The van der Waals surface area contributed by atoms with Crippen LogP contribution in [-0.2, 0) is 18.4 Å². The van der Waals surface area contributed by atoms with E-state index < -0.39 is 0 Å². The lowest BCUT2D eigenvalue weighted by molar-refractivity contribution is -0.119. The molecule has 0 aliphatic rings. The van der Waals surface area contributed by atoms with Gasteiger partial charge >= 0.3 is 0 Å². The third-order valence-electron chi connectivity index (χ3n) is 2.64. The van der Waals surface area contributed by atoms with Crippen molar-refractivity contribution in [2.24, 2.45) is 18.7 Å². The molecule has 0 aromatic carbocycles. The minimum Gasteiger partial charge on any atom is -0.369 e. The van der Waals surface area contributed by atoms with Crippen molar-refractivity contribution in [1.29, 1.82) is 0 Å². The summed E-state index contributed by atoms with van der Waals surface area (Å²) in [7, 11) is 1.91. The van der Waals surface area contributed by atoms with Gasteiger partial charge < -0.3 is 5.73 Å². The van der Waals surface area contributed by atoms with Crippen LogP contribution in [-0.4, -0.2) is 33.7 Å². The van der Waals surface area contributed by atoms with E-state index in [-0.39, 0.29) is 12.5 Å². The van der Waals surface area contributed by atoms with E-state index in [9.17, 15) is 4.79 Å². The third kappa shape index (κ3) is 4.10. The van der Waals surface area contributed by atoms with Gasteiger partial charge in [0.1, 0.15) is 0 Å². The van der Waals surface area contributed by atoms with E-state index in [4.69, 9.17) is 5.73 Å². The lowest BCUT2D eigenvalue weighted by atomic mass is 10.2. The van der Waals surface area contributed by atoms with E-state index in [1.54, 1.807) is 0 Å². The highest BCUT2D eigenvalue weighted by molar-refractivity contribution is 9.10. The number of carbonyl (C=O) groups excluding carboxylic acids is 1. The molecule has 0 atom stereocenters. The first-order valence-corrected chi connectivity index (χ1v) is 6.79. The van der Waals surface area contributed by atoms with Crippen molar-refractivity contribution in [3.05, 3.63) is 15.9 Å². The summed E-state index contributed by atoms with van der Waals surface area (Å²) in [6, 6.07) is 0.